The van der Waals surface area contributed by atoms with E-state index in [2.05, 4.69) is 26.9 Å². The molecule has 0 radical (unpaired) electrons. The molecule has 1 aromatic rings. The van der Waals surface area contributed by atoms with Crippen LogP contribution in [-0.4, -0.2) is 6.01 Å². The Morgan fingerprint density at radius 2 is 1.90 bits per heavy atom. The first-order valence-corrected chi connectivity index (χ1v) is 3.55. The van der Waals surface area contributed by atoms with Crippen molar-refractivity contribution in [1.82, 2.24) is 0 Å². The van der Waals surface area contributed by atoms with Crippen molar-refractivity contribution in [2.24, 2.45) is 0 Å². The summed E-state index contributed by atoms with van der Waals surface area (Å²) in [6.07, 6.45) is 0. The quantitative estimate of drug-likeness (QED) is 0.629. The van der Waals surface area contributed by atoms with Crippen molar-refractivity contribution < 1.29 is 4.99 Å². The molecule has 2 N–H and O–H groups in total. The molecule has 0 spiro atoms. The maximum absolute atomic E-state index is 6.62. The standard InChI is InChI=1S/C7H5BrN2/c8-6-1-3-7(4-2-6)10-5-9/h1-4,9H/p+1. The van der Waals surface area contributed by atoms with Gasteiger partial charge in [0.15, 0.2) is 0 Å². The van der Waals surface area contributed by atoms with E-state index in [1.165, 1.54) is 0 Å². The first kappa shape index (κ1) is 7.19. The topological polar surface area (TPSA) is 37.8 Å². The van der Waals surface area contributed by atoms with E-state index < -0.39 is 0 Å². The summed E-state index contributed by atoms with van der Waals surface area (Å²) in [5.41, 5.74) is 0.873. The van der Waals surface area contributed by atoms with Crippen LogP contribution in [0.2, 0.25) is 0 Å². The maximum Gasteiger partial charge on any atom is 0.307 e. The van der Waals surface area contributed by atoms with Crippen LogP contribution in [0.3, 0.4) is 0 Å². The Balaban J connectivity index is 3.00. The number of benzene rings is 1. The van der Waals surface area contributed by atoms with Crippen molar-refractivity contribution >= 4 is 27.6 Å². The Kier molecular flexibility index (Phi) is 2.37. The molecular formula is C7H6BrN2+. The Bertz CT molecular complexity index is 259. The van der Waals surface area contributed by atoms with Gasteiger partial charge in [0.25, 0.3) is 0 Å². The highest BCUT2D eigenvalue weighted by Gasteiger charge is 1.88. The van der Waals surface area contributed by atoms with E-state index in [0.29, 0.717) is 0 Å². The second kappa shape index (κ2) is 3.30. The molecule has 50 valence electrons. The van der Waals surface area contributed by atoms with Gasteiger partial charge in [-0.15, -0.1) is 0 Å². The number of nitrogens with one attached hydrogen (secondary N) is 2. The normalized spacial score (nSPS) is 8.50. The third-order valence-corrected chi connectivity index (χ3v) is 1.58. The zero-order valence-corrected chi connectivity index (χ0v) is 6.77. The molecule has 2 nitrogen and oxygen atoms in total. The van der Waals surface area contributed by atoms with Gasteiger partial charge in [-0.05, 0) is 24.3 Å². The summed E-state index contributed by atoms with van der Waals surface area (Å²) < 4.78 is 1.03. The van der Waals surface area contributed by atoms with E-state index in [1.807, 2.05) is 24.3 Å². The van der Waals surface area contributed by atoms with Gasteiger partial charge in [0, 0.05) is 4.47 Å². The van der Waals surface area contributed by atoms with E-state index in [-0.39, 0.29) is 0 Å². The van der Waals surface area contributed by atoms with E-state index in [1.54, 1.807) is 0 Å². The lowest BCUT2D eigenvalue weighted by Crippen LogP contribution is -2.59. The molecule has 0 heterocycles. The van der Waals surface area contributed by atoms with E-state index in [0.717, 1.165) is 10.2 Å². The van der Waals surface area contributed by atoms with Crippen molar-refractivity contribution in [3.05, 3.63) is 28.7 Å². The molecule has 0 saturated heterocycles. The van der Waals surface area contributed by atoms with E-state index >= 15 is 0 Å². The number of halogens is 1. The van der Waals surface area contributed by atoms with E-state index in [9.17, 15) is 0 Å². The Morgan fingerprint density at radius 1 is 1.30 bits per heavy atom. The molecule has 0 bridgehead atoms. The number of rotatable bonds is 1. The van der Waals surface area contributed by atoms with Crippen LogP contribution in [0.5, 0.6) is 0 Å². The highest BCUT2D eigenvalue weighted by Crippen LogP contribution is 2.09. The molecule has 0 amide bonds. The minimum absolute atomic E-state index is 0.873. The lowest BCUT2D eigenvalue weighted by Gasteiger charge is -1.86. The van der Waals surface area contributed by atoms with Crippen molar-refractivity contribution in [2.45, 2.75) is 0 Å². The molecule has 0 aliphatic heterocycles. The lowest BCUT2D eigenvalue weighted by molar-refractivity contribution is -0.346. The van der Waals surface area contributed by atoms with Gasteiger partial charge in [-0.2, -0.15) is 4.99 Å². The summed E-state index contributed by atoms with van der Waals surface area (Å²) in [4.78, 5) is 2.63. The zero-order chi connectivity index (χ0) is 7.40. The third kappa shape index (κ3) is 1.79. The Hall–Kier alpha value is -0.920. The second-order valence-electron chi connectivity index (χ2n) is 1.76. The predicted octanol–water partition coefficient (Wildman–Crippen LogP) is 0.914. The van der Waals surface area contributed by atoms with Crippen molar-refractivity contribution in [2.75, 3.05) is 0 Å². The molecule has 0 unspecified atom stereocenters. The molecule has 1 rings (SSSR count). The van der Waals surface area contributed by atoms with Gasteiger partial charge >= 0.3 is 6.01 Å². The van der Waals surface area contributed by atoms with E-state index in [4.69, 9.17) is 5.41 Å². The van der Waals surface area contributed by atoms with Crippen LogP contribution in [0, 0.1) is 5.41 Å². The summed E-state index contributed by atoms with van der Waals surface area (Å²) in [6.45, 7) is 0. The molecule has 0 atom stereocenters. The first-order valence-electron chi connectivity index (χ1n) is 2.76. The van der Waals surface area contributed by atoms with Crippen LogP contribution < -0.4 is 4.99 Å². The molecule has 0 saturated carbocycles. The maximum atomic E-state index is 6.62. The van der Waals surface area contributed by atoms with Crippen LogP contribution in [0.1, 0.15) is 0 Å². The fourth-order valence-electron chi connectivity index (χ4n) is 0.605. The minimum Gasteiger partial charge on any atom is -0.200 e. The van der Waals surface area contributed by atoms with Crippen molar-refractivity contribution in [1.29, 1.82) is 5.41 Å². The third-order valence-electron chi connectivity index (χ3n) is 1.05. The highest BCUT2D eigenvalue weighted by molar-refractivity contribution is 9.10. The molecule has 3 heteroatoms. The largest absolute Gasteiger partial charge is 0.307 e. The van der Waals surface area contributed by atoms with Gasteiger partial charge < -0.3 is 0 Å². The average molecular weight is 198 g/mol. The molecule has 0 aromatic heterocycles. The summed E-state index contributed by atoms with van der Waals surface area (Å²) in [7, 11) is 0. The highest BCUT2D eigenvalue weighted by atomic mass is 79.9. The zero-order valence-electron chi connectivity index (χ0n) is 5.19. The van der Waals surface area contributed by atoms with Gasteiger partial charge in [-0.1, -0.05) is 21.3 Å². The first-order chi connectivity index (χ1) is 4.83. The molecule has 0 aliphatic rings. The average Bonchev–Trinajstić information content (AvgIpc) is 1.95. The lowest BCUT2D eigenvalue weighted by atomic mass is 10.3. The Morgan fingerprint density at radius 3 is 2.40 bits per heavy atom. The van der Waals surface area contributed by atoms with Crippen LogP contribution in [0.15, 0.2) is 28.7 Å². The fraction of sp³-hybridized carbons (Fsp3) is 0. The summed E-state index contributed by atoms with van der Waals surface area (Å²) in [5.74, 6) is 0. The monoisotopic (exact) mass is 197 g/mol. The van der Waals surface area contributed by atoms with Crippen molar-refractivity contribution in [3.8, 4) is 0 Å². The SMILES string of the molecule is N=C=[NH+]c1ccc(Br)cc1. The van der Waals surface area contributed by atoms with Gasteiger partial charge in [0.1, 0.15) is 5.69 Å². The van der Waals surface area contributed by atoms with Crippen LogP contribution in [-0.2, 0) is 0 Å². The molecule has 0 fully saturated rings. The molecule has 10 heavy (non-hydrogen) atoms. The molecule has 0 aliphatic carbocycles. The smallest absolute Gasteiger partial charge is 0.200 e. The van der Waals surface area contributed by atoms with Crippen LogP contribution in [0.4, 0.5) is 5.69 Å². The predicted molar refractivity (Wildman–Crippen MR) is 42.5 cm³/mol. The van der Waals surface area contributed by atoms with Gasteiger partial charge in [-0.25, -0.2) is 0 Å². The number of hydrogen-bond acceptors (Lipinski definition) is 1. The fourth-order valence-corrected chi connectivity index (χ4v) is 0.870. The van der Waals surface area contributed by atoms with Gasteiger partial charge in [0.2, 0.25) is 0 Å². The van der Waals surface area contributed by atoms with Gasteiger partial charge in [-0.3, -0.25) is 0 Å². The number of hydrogen-bond donors (Lipinski definition) is 2. The summed E-state index contributed by atoms with van der Waals surface area (Å²) in [5, 5.41) is 6.62. The summed E-state index contributed by atoms with van der Waals surface area (Å²) in [6, 6.07) is 9.63. The van der Waals surface area contributed by atoms with Crippen LogP contribution >= 0.6 is 15.9 Å². The van der Waals surface area contributed by atoms with Crippen LogP contribution in [0.25, 0.3) is 0 Å². The Labute approximate surface area is 67.2 Å². The second-order valence-corrected chi connectivity index (χ2v) is 2.67. The summed E-state index contributed by atoms with van der Waals surface area (Å²) >= 11 is 3.30. The molecular weight excluding hydrogens is 192 g/mol. The van der Waals surface area contributed by atoms with Gasteiger partial charge in [0.05, 0.1) is 0 Å². The minimum atomic E-state index is 0.873. The van der Waals surface area contributed by atoms with Crippen molar-refractivity contribution in [3.63, 3.8) is 0 Å². The molecule has 1 aromatic carbocycles.